The van der Waals surface area contributed by atoms with E-state index in [-0.39, 0.29) is 5.54 Å². The van der Waals surface area contributed by atoms with Crippen molar-refractivity contribution >= 4 is 17.9 Å². The number of piperidine rings is 1. The lowest BCUT2D eigenvalue weighted by atomic mass is 9.83. The van der Waals surface area contributed by atoms with E-state index in [1.54, 1.807) is 0 Å². The molecule has 3 N–H and O–H groups in total. The Labute approximate surface area is 255 Å². The summed E-state index contributed by atoms with van der Waals surface area (Å²) >= 11 is 0. The number of fused-ring (bicyclic) bond motifs is 2. The van der Waals surface area contributed by atoms with Crippen molar-refractivity contribution in [2.45, 2.75) is 56.3 Å². The lowest BCUT2D eigenvalue weighted by Gasteiger charge is -2.49. The molecular formula is C25H31F9N6O6. The number of aryl methyl sites for hydroxylation is 1. The average molecular weight is 683 g/mol. The molecule has 2 aromatic rings. The second-order valence-electron chi connectivity index (χ2n) is 10.6. The molecule has 21 heteroatoms. The van der Waals surface area contributed by atoms with Gasteiger partial charge in [-0.25, -0.2) is 19.4 Å². The lowest BCUT2D eigenvalue weighted by molar-refractivity contribution is -0.193. The highest BCUT2D eigenvalue weighted by Gasteiger charge is 2.46. The van der Waals surface area contributed by atoms with Gasteiger partial charge >= 0.3 is 36.4 Å². The Balaban J connectivity index is 0.000000289. The molecule has 2 aromatic heterocycles. The number of carbonyl (C=O) groups is 3. The molecule has 0 unspecified atom stereocenters. The molecule has 2 aliphatic heterocycles. The maximum Gasteiger partial charge on any atom is 0.490 e. The van der Waals surface area contributed by atoms with Gasteiger partial charge in [-0.1, -0.05) is 0 Å². The second kappa shape index (κ2) is 14.7. The number of hydrogen-bond donors (Lipinski definition) is 3. The Morgan fingerprint density at radius 3 is 1.63 bits per heavy atom. The van der Waals surface area contributed by atoms with Gasteiger partial charge in [0.05, 0.1) is 23.6 Å². The van der Waals surface area contributed by atoms with Crippen molar-refractivity contribution in [2.75, 3.05) is 33.2 Å². The molecule has 0 radical (unpaired) electrons. The highest BCUT2D eigenvalue weighted by molar-refractivity contribution is 5.73. The summed E-state index contributed by atoms with van der Waals surface area (Å²) in [4.78, 5) is 36.9. The van der Waals surface area contributed by atoms with Gasteiger partial charge in [-0.15, -0.1) is 0 Å². The average Bonchev–Trinajstić information content (AvgIpc) is 3.46. The summed E-state index contributed by atoms with van der Waals surface area (Å²) in [5, 5.41) is 25.7. The van der Waals surface area contributed by atoms with Crippen LogP contribution < -0.4 is 0 Å². The fourth-order valence-electron chi connectivity index (χ4n) is 4.77. The molecule has 1 saturated carbocycles. The van der Waals surface area contributed by atoms with E-state index in [2.05, 4.69) is 38.9 Å². The van der Waals surface area contributed by atoms with Crippen LogP contribution in [-0.4, -0.2) is 114 Å². The number of aromatic nitrogens is 4. The minimum atomic E-state index is -5.08. The van der Waals surface area contributed by atoms with Gasteiger partial charge < -0.3 is 24.8 Å². The van der Waals surface area contributed by atoms with Crippen LogP contribution in [0.5, 0.6) is 0 Å². The Kier molecular flexibility index (Phi) is 12.2. The van der Waals surface area contributed by atoms with Crippen molar-refractivity contribution in [3.63, 3.8) is 0 Å². The molecule has 3 aliphatic rings. The molecule has 0 aromatic carbocycles. The van der Waals surface area contributed by atoms with Gasteiger partial charge in [-0.05, 0) is 38.6 Å². The van der Waals surface area contributed by atoms with Gasteiger partial charge in [0.1, 0.15) is 5.82 Å². The van der Waals surface area contributed by atoms with E-state index >= 15 is 0 Å². The topological polar surface area (TPSA) is 154 Å². The molecule has 4 heterocycles. The van der Waals surface area contributed by atoms with Crippen LogP contribution >= 0.6 is 0 Å². The zero-order chi connectivity index (χ0) is 35.3. The number of halogens is 9. The Morgan fingerprint density at radius 1 is 0.804 bits per heavy atom. The number of aliphatic carboxylic acids is 3. The number of hydrogen-bond acceptors (Lipinski definition) is 7. The smallest absolute Gasteiger partial charge is 0.475 e. The Morgan fingerprint density at radius 2 is 1.26 bits per heavy atom. The van der Waals surface area contributed by atoms with E-state index in [9.17, 15) is 39.5 Å². The van der Waals surface area contributed by atoms with Crippen molar-refractivity contribution in [3.8, 4) is 11.3 Å². The first kappa shape index (κ1) is 38.3. The number of carboxylic acid groups (broad SMARTS) is 3. The molecule has 2 fully saturated rings. The molecule has 0 atom stereocenters. The zero-order valence-electron chi connectivity index (χ0n) is 24.3. The molecule has 260 valence electrons. The molecule has 1 saturated heterocycles. The number of imidazole rings is 1. The van der Waals surface area contributed by atoms with Crippen LogP contribution in [0.2, 0.25) is 0 Å². The van der Waals surface area contributed by atoms with E-state index < -0.39 is 36.4 Å². The predicted molar refractivity (Wildman–Crippen MR) is 138 cm³/mol. The fraction of sp³-hybridized carbons (Fsp3) is 0.640. The van der Waals surface area contributed by atoms with Crippen LogP contribution in [-0.2, 0) is 33.5 Å². The van der Waals surface area contributed by atoms with Crippen molar-refractivity contribution in [1.82, 2.24) is 29.1 Å². The molecule has 1 aliphatic carbocycles. The summed E-state index contributed by atoms with van der Waals surface area (Å²) in [6, 6.07) is 0. The normalized spacial score (nSPS) is 18.2. The van der Waals surface area contributed by atoms with Gasteiger partial charge in [0.2, 0.25) is 0 Å². The number of nitrogens with zero attached hydrogens (tertiary/aromatic N) is 6. The zero-order valence-corrected chi connectivity index (χ0v) is 24.3. The third-order valence-corrected chi connectivity index (χ3v) is 7.29. The lowest BCUT2D eigenvalue weighted by Crippen LogP contribution is -2.56. The molecular weight excluding hydrogens is 651 g/mol. The molecule has 1 spiro atoms. The first-order valence-electron chi connectivity index (χ1n) is 13.4. The predicted octanol–water partition coefficient (Wildman–Crippen LogP) is 3.83. The van der Waals surface area contributed by atoms with E-state index in [1.165, 1.54) is 62.4 Å². The first-order valence-corrected chi connectivity index (χ1v) is 13.4. The van der Waals surface area contributed by atoms with Gasteiger partial charge in [0, 0.05) is 51.5 Å². The van der Waals surface area contributed by atoms with Gasteiger partial charge in [-0.2, -0.15) is 44.6 Å². The third kappa shape index (κ3) is 10.6. The van der Waals surface area contributed by atoms with Crippen LogP contribution in [0.4, 0.5) is 39.5 Å². The quantitative estimate of drug-likeness (QED) is 0.407. The highest BCUT2D eigenvalue weighted by atomic mass is 19.4. The van der Waals surface area contributed by atoms with Crippen molar-refractivity contribution < 1.29 is 69.2 Å². The number of rotatable bonds is 3. The molecule has 0 amide bonds. The summed E-state index contributed by atoms with van der Waals surface area (Å²) in [6.45, 7) is 5.84. The minimum absolute atomic E-state index is 0.110. The maximum atomic E-state index is 10.6. The van der Waals surface area contributed by atoms with Gasteiger partial charge in [0.15, 0.2) is 0 Å². The van der Waals surface area contributed by atoms with Crippen LogP contribution in [0.1, 0.15) is 31.5 Å². The van der Waals surface area contributed by atoms with Gasteiger partial charge in [-0.3, -0.25) is 9.58 Å². The standard InChI is InChI=1S/C19H28N6.3C2HF3O2/c1-22-9-10-25-17(16-11-21-23(2)14-16)12-20-18(25)19(22)5-7-24(8-6-19)13-15-3-4-15;3*3-2(4,5)1(6)7/h11-12,14-15H,3-10,13H2,1-2H3;3*(H,6,7). The summed E-state index contributed by atoms with van der Waals surface area (Å²) < 4.78 is 99.5. The van der Waals surface area contributed by atoms with E-state index in [1.807, 2.05) is 17.9 Å². The number of alkyl halides is 9. The minimum Gasteiger partial charge on any atom is -0.475 e. The molecule has 5 rings (SSSR count). The van der Waals surface area contributed by atoms with Crippen LogP contribution in [0.25, 0.3) is 11.3 Å². The van der Waals surface area contributed by atoms with Crippen LogP contribution in [0.3, 0.4) is 0 Å². The SMILES string of the molecule is CN1CCn2c(-c3cnn(C)c3)cnc2C12CCN(CC1CC1)CC2.O=C(O)C(F)(F)F.O=C(O)C(F)(F)F.O=C(O)C(F)(F)F. The number of carboxylic acids is 3. The third-order valence-electron chi connectivity index (χ3n) is 7.29. The van der Waals surface area contributed by atoms with E-state index in [0.29, 0.717) is 0 Å². The van der Waals surface area contributed by atoms with E-state index in [4.69, 9.17) is 34.7 Å². The number of likely N-dealkylation sites (N-methyl/N-ethyl adjacent to an activating group) is 1. The summed E-state index contributed by atoms with van der Waals surface area (Å²) in [6.07, 6.45) is -3.87. The largest absolute Gasteiger partial charge is 0.490 e. The summed E-state index contributed by atoms with van der Waals surface area (Å²) in [5.41, 5.74) is 2.50. The summed E-state index contributed by atoms with van der Waals surface area (Å²) in [7, 11) is 4.26. The fourth-order valence-corrected chi connectivity index (χ4v) is 4.77. The van der Waals surface area contributed by atoms with Crippen LogP contribution in [0, 0.1) is 5.92 Å². The van der Waals surface area contributed by atoms with Crippen LogP contribution in [0.15, 0.2) is 18.6 Å². The van der Waals surface area contributed by atoms with Gasteiger partial charge in [0.25, 0.3) is 0 Å². The second-order valence-corrected chi connectivity index (χ2v) is 10.6. The maximum absolute atomic E-state index is 10.6. The Bertz CT molecular complexity index is 1290. The molecule has 12 nitrogen and oxygen atoms in total. The molecule has 46 heavy (non-hydrogen) atoms. The monoisotopic (exact) mass is 682 g/mol. The number of likely N-dealkylation sites (tertiary alicyclic amines) is 1. The van der Waals surface area contributed by atoms with E-state index in [0.717, 1.165) is 19.0 Å². The first-order chi connectivity index (χ1) is 21.0. The van der Waals surface area contributed by atoms with Crippen molar-refractivity contribution in [2.24, 2.45) is 13.0 Å². The highest BCUT2D eigenvalue weighted by Crippen LogP contribution is 2.42. The van der Waals surface area contributed by atoms with Crippen molar-refractivity contribution in [3.05, 3.63) is 24.4 Å². The Hall–Kier alpha value is -3.88. The summed E-state index contributed by atoms with van der Waals surface area (Å²) in [5.74, 6) is -6.02. The van der Waals surface area contributed by atoms with Crippen molar-refractivity contribution in [1.29, 1.82) is 0 Å². The molecule has 0 bridgehead atoms.